The highest BCUT2D eigenvalue weighted by atomic mass is 79.9. The van der Waals surface area contributed by atoms with Crippen LogP contribution in [0, 0.1) is 17.1 Å². The summed E-state index contributed by atoms with van der Waals surface area (Å²) in [6.45, 7) is 1.88. The predicted octanol–water partition coefficient (Wildman–Crippen LogP) is 3.82. The van der Waals surface area contributed by atoms with Gasteiger partial charge in [0.25, 0.3) is 0 Å². The topological polar surface area (TPSA) is 92.9 Å². The van der Waals surface area contributed by atoms with Crippen molar-refractivity contribution in [2.24, 2.45) is 7.05 Å². The van der Waals surface area contributed by atoms with Crippen molar-refractivity contribution in [2.45, 2.75) is 20.0 Å². The molecule has 0 fully saturated rings. The number of aromatic amines is 1. The summed E-state index contributed by atoms with van der Waals surface area (Å²) in [5.41, 5.74) is 0.926. The second-order valence-corrected chi connectivity index (χ2v) is 6.77. The zero-order chi connectivity index (χ0) is 20.3. The van der Waals surface area contributed by atoms with Crippen LogP contribution in [-0.4, -0.2) is 14.8 Å². The quantitative estimate of drug-likeness (QED) is 0.621. The van der Waals surface area contributed by atoms with E-state index in [2.05, 4.69) is 32.2 Å². The molecular formula is C19H16BrFN4O3. The number of aromatic nitrogens is 3. The summed E-state index contributed by atoms with van der Waals surface area (Å²) in [7, 11) is 1.55. The van der Waals surface area contributed by atoms with E-state index >= 15 is 0 Å². The van der Waals surface area contributed by atoms with Crippen LogP contribution in [0.2, 0.25) is 0 Å². The summed E-state index contributed by atoms with van der Waals surface area (Å²) in [5.74, 6) is 0.0291. The monoisotopic (exact) mass is 446 g/mol. The maximum atomic E-state index is 14.7. The van der Waals surface area contributed by atoms with Crippen molar-refractivity contribution in [3.8, 4) is 23.3 Å². The van der Waals surface area contributed by atoms with E-state index in [9.17, 15) is 14.4 Å². The number of nitrogens with one attached hydrogen (secondary N) is 1. The van der Waals surface area contributed by atoms with Gasteiger partial charge in [-0.1, -0.05) is 6.92 Å². The van der Waals surface area contributed by atoms with E-state index < -0.39 is 5.82 Å². The van der Waals surface area contributed by atoms with E-state index in [1.807, 2.05) is 6.92 Å². The SMILES string of the molecule is CCc1cc(C#N)cc(Oc2c(OCc3n[nH]c(=O)n3C)ccc(Br)c2F)c1. The highest BCUT2D eigenvalue weighted by molar-refractivity contribution is 9.10. The fourth-order valence-corrected chi connectivity index (χ4v) is 2.79. The fraction of sp³-hybridized carbons (Fsp3) is 0.211. The largest absolute Gasteiger partial charge is 0.482 e. The van der Waals surface area contributed by atoms with Crippen LogP contribution >= 0.6 is 15.9 Å². The molecule has 1 heterocycles. The standard InChI is InChI=1S/C19H16BrFN4O3/c1-3-11-6-12(9-22)8-13(7-11)28-18-15(5-4-14(20)17(18)21)27-10-16-23-24-19(26)25(16)2/h4-8H,3,10H2,1-2H3,(H,24,26). The first kappa shape index (κ1) is 19.6. The van der Waals surface area contributed by atoms with Crippen LogP contribution in [0.3, 0.4) is 0 Å². The number of rotatable bonds is 6. The van der Waals surface area contributed by atoms with Crippen molar-refractivity contribution in [3.05, 3.63) is 68.1 Å². The third kappa shape index (κ3) is 4.07. The van der Waals surface area contributed by atoms with Gasteiger partial charge in [0.2, 0.25) is 5.75 Å². The Kier molecular flexibility index (Phi) is 5.80. The van der Waals surface area contributed by atoms with Crippen LogP contribution in [0.4, 0.5) is 4.39 Å². The lowest BCUT2D eigenvalue weighted by molar-refractivity contribution is 0.273. The van der Waals surface area contributed by atoms with Gasteiger partial charge >= 0.3 is 5.69 Å². The first-order valence-corrected chi connectivity index (χ1v) is 9.15. The molecule has 0 spiro atoms. The van der Waals surface area contributed by atoms with Gasteiger partial charge in [-0.3, -0.25) is 4.57 Å². The molecule has 1 N–H and O–H groups in total. The molecule has 7 nitrogen and oxygen atoms in total. The summed E-state index contributed by atoms with van der Waals surface area (Å²) >= 11 is 3.14. The van der Waals surface area contributed by atoms with Crippen LogP contribution in [-0.2, 0) is 20.1 Å². The van der Waals surface area contributed by atoms with E-state index in [1.54, 1.807) is 25.2 Å². The summed E-state index contributed by atoms with van der Waals surface area (Å²) in [4.78, 5) is 11.5. The smallest absolute Gasteiger partial charge is 0.343 e. The van der Waals surface area contributed by atoms with Crippen LogP contribution < -0.4 is 15.2 Å². The molecule has 0 bridgehead atoms. The van der Waals surface area contributed by atoms with E-state index in [4.69, 9.17) is 9.47 Å². The molecule has 0 aliphatic carbocycles. The molecule has 3 aromatic rings. The summed E-state index contributed by atoms with van der Waals surface area (Å²) in [6, 6.07) is 10.1. The van der Waals surface area contributed by atoms with E-state index in [-0.39, 0.29) is 28.3 Å². The third-order valence-electron chi connectivity index (χ3n) is 4.07. The van der Waals surface area contributed by atoms with Gasteiger partial charge in [-0.15, -0.1) is 0 Å². The average Bonchev–Trinajstić information content (AvgIpc) is 3.02. The van der Waals surface area contributed by atoms with Gasteiger partial charge in [0.05, 0.1) is 16.1 Å². The van der Waals surface area contributed by atoms with Gasteiger partial charge in [0, 0.05) is 7.05 Å². The molecule has 0 atom stereocenters. The van der Waals surface area contributed by atoms with Crippen LogP contribution in [0.15, 0.2) is 39.6 Å². The van der Waals surface area contributed by atoms with E-state index in [1.165, 1.54) is 16.7 Å². The van der Waals surface area contributed by atoms with Crippen molar-refractivity contribution < 1.29 is 13.9 Å². The van der Waals surface area contributed by atoms with Gasteiger partial charge < -0.3 is 9.47 Å². The number of halogens is 2. The minimum absolute atomic E-state index is 0.0644. The molecule has 2 aromatic carbocycles. The van der Waals surface area contributed by atoms with Gasteiger partial charge in [-0.25, -0.2) is 14.3 Å². The van der Waals surface area contributed by atoms with Crippen molar-refractivity contribution in [1.29, 1.82) is 5.26 Å². The van der Waals surface area contributed by atoms with Crippen molar-refractivity contribution in [3.63, 3.8) is 0 Å². The molecule has 0 radical (unpaired) electrons. The Morgan fingerprint density at radius 3 is 2.79 bits per heavy atom. The molecule has 1 aromatic heterocycles. The van der Waals surface area contributed by atoms with Gasteiger partial charge in [0.1, 0.15) is 12.4 Å². The number of aryl methyl sites for hydroxylation is 1. The highest BCUT2D eigenvalue weighted by Gasteiger charge is 2.18. The fourth-order valence-electron chi connectivity index (χ4n) is 2.48. The third-order valence-corrected chi connectivity index (χ3v) is 4.68. The number of H-pyrrole nitrogens is 1. The highest BCUT2D eigenvalue weighted by Crippen LogP contribution is 2.38. The molecule has 144 valence electrons. The van der Waals surface area contributed by atoms with E-state index in [0.29, 0.717) is 23.6 Å². The summed E-state index contributed by atoms with van der Waals surface area (Å²) < 4.78 is 27.6. The van der Waals surface area contributed by atoms with Gasteiger partial charge in [0.15, 0.2) is 17.4 Å². The Labute approximate surface area is 168 Å². The first-order valence-electron chi connectivity index (χ1n) is 8.36. The van der Waals surface area contributed by atoms with Crippen LogP contribution in [0.1, 0.15) is 23.9 Å². The van der Waals surface area contributed by atoms with Crippen molar-refractivity contribution in [1.82, 2.24) is 14.8 Å². The minimum atomic E-state index is -0.645. The van der Waals surface area contributed by atoms with E-state index in [0.717, 1.165) is 5.56 Å². The van der Waals surface area contributed by atoms with Gasteiger partial charge in [-0.05, 0) is 58.2 Å². The zero-order valence-electron chi connectivity index (χ0n) is 15.1. The van der Waals surface area contributed by atoms with Crippen molar-refractivity contribution >= 4 is 15.9 Å². The van der Waals surface area contributed by atoms with Crippen LogP contribution in [0.25, 0.3) is 0 Å². The zero-order valence-corrected chi connectivity index (χ0v) is 16.7. The maximum Gasteiger partial charge on any atom is 0.343 e. The maximum absolute atomic E-state index is 14.7. The van der Waals surface area contributed by atoms with Crippen LogP contribution in [0.5, 0.6) is 17.2 Å². The lowest BCUT2D eigenvalue weighted by atomic mass is 10.1. The number of nitrogens with zero attached hydrogens (tertiary/aromatic N) is 3. The molecule has 0 unspecified atom stereocenters. The first-order chi connectivity index (χ1) is 13.4. The number of benzene rings is 2. The molecule has 0 aliphatic rings. The Morgan fingerprint density at radius 1 is 1.36 bits per heavy atom. The molecule has 0 saturated carbocycles. The number of hydrogen-bond donors (Lipinski definition) is 1. The molecule has 0 aliphatic heterocycles. The Hall–Kier alpha value is -3.12. The Balaban J connectivity index is 1.94. The van der Waals surface area contributed by atoms with Gasteiger partial charge in [-0.2, -0.15) is 10.4 Å². The Morgan fingerprint density at radius 2 is 2.14 bits per heavy atom. The van der Waals surface area contributed by atoms with Crippen molar-refractivity contribution in [2.75, 3.05) is 0 Å². The molecule has 0 saturated heterocycles. The second kappa shape index (κ2) is 8.27. The summed E-state index contributed by atoms with van der Waals surface area (Å²) in [6.07, 6.45) is 0.698. The molecule has 28 heavy (non-hydrogen) atoms. The molecule has 3 rings (SSSR count). The Bertz CT molecular complexity index is 1120. The average molecular weight is 447 g/mol. The lowest BCUT2D eigenvalue weighted by Gasteiger charge is -2.14. The lowest BCUT2D eigenvalue weighted by Crippen LogP contribution is -2.15. The molecule has 0 amide bonds. The summed E-state index contributed by atoms with van der Waals surface area (Å²) in [5, 5.41) is 15.3. The number of ether oxygens (including phenoxy) is 2. The minimum Gasteiger partial charge on any atom is -0.482 e. The molecule has 9 heteroatoms. The second-order valence-electron chi connectivity index (χ2n) is 5.91. The normalized spacial score (nSPS) is 10.5. The molecular weight excluding hydrogens is 431 g/mol. The number of hydrogen-bond acceptors (Lipinski definition) is 5. The predicted molar refractivity (Wildman–Crippen MR) is 103 cm³/mol. The number of nitriles is 1.